The van der Waals surface area contributed by atoms with Crippen molar-refractivity contribution in [1.29, 1.82) is 0 Å². The van der Waals surface area contributed by atoms with Gasteiger partial charge in [0.25, 0.3) is 0 Å². The Bertz CT molecular complexity index is 1260. The van der Waals surface area contributed by atoms with Crippen LogP contribution in [0.5, 0.6) is 0 Å². The highest BCUT2D eigenvalue weighted by atomic mass is 15.3. The van der Waals surface area contributed by atoms with Crippen LogP contribution in [0.3, 0.4) is 0 Å². The predicted octanol–water partition coefficient (Wildman–Crippen LogP) is 4.21. The highest BCUT2D eigenvalue weighted by molar-refractivity contribution is 6.00. The number of allylic oxidation sites excluding steroid dienone is 4. The average molecular weight is 397 g/mol. The van der Waals surface area contributed by atoms with Crippen LogP contribution in [-0.2, 0) is 6.54 Å². The number of anilines is 1. The molecule has 1 atom stereocenters. The molecule has 0 fully saturated rings. The van der Waals surface area contributed by atoms with E-state index < -0.39 is 0 Å². The first-order valence-electron chi connectivity index (χ1n) is 9.99. The summed E-state index contributed by atoms with van der Waals surface area (Å²) in [5.41, 5.74) is 12.6. The van der Waals surface area contributed by atoms with E-state index >= 15 is 0 Å². The lowest BCUT2D eigenvalue weighted by Gasteiger charge is -2.37. The zero-order valence-corrected chi connectivity index (χ0v) is 17.1. The van der Waals surface area contributed by atoms with Gasteiger partial charge in [-0.15, -0.1) is 0 Å². The number of hydrogen-bond acceptors (Lipinski definition) is 6. The van der Waals surface area contributed by atoms with Crippen LogP contribution in [0.2, 0.25) is 0 Å². The molecule has 2 N–H and O–H groups in total. The zero-order chi connectivity index (χ0) is 20.8. The Morgan fingerprint density at radius 1 is 1.23 bits per heavy atom. The number of nitrogens with two attached hydrogens (primary N) is 1. The topological polar surface area (TPSA) is 85.2 Å². The van der Waals surface area contributed by atoms with Gasteiger partial charge < -0.3 is 15.2 Å². The summed E-state index contributed by atoms with van der Waals surface area (Å²) in [5, 5.41) is 0. The minimum atomic E-state index is 0.361. The van der Waals surface area contributed by atoms with Gasteiger partial charge in [0.1, 0.15) is 17.7 Å². The normalized spacial score (nSPS) is 18.4. The number of benzene rings is 1. The van der Waals surface area contributed by atoms with E-state index in [0.717, 1.165) is 29.2 Å². The maximum Gasteiger partial charge on any atom is 0.165 e. The van der Waals surface area contributed by atoms with E-state index in [1.807, 2.05) is 16.7 Å². The van der Waals surface area contributed by atoms with Gasteiger partial charge in [0, 0.05) is 22.9 Å². The quantitative estimate of drug-likeness (QED) is 0.715. The summed E-state index contributed by atoms with van der Waals surface area (Å²) in [6, 6.07) is 6.17. The van der Waals surface area contributed by atoms with Crippen molar-refractivity contribution in [1.82, 2.24) is 24.4 Å². The fourth-order valence-electron chi connectivity index (χ4n) is 4.18. The summed E-state index contributed by atoms with van der Waals surface area (Å²) in [5.74, 6) is 1.61. The Hall–Kier alpha value is -3.74. The number of amidine groups is 1. The maximum atomic E-state index is 5.97. The first-order valence-corrected chi connectivity index (χ1v) is 9.99. The minimum absolute atomic E-state index is 0.361. The number of imidazole rings is 1. The van der Waals surface area contributed by atoms with Crippen molar-refractivity contribution in [2.45, 2.75) is 26.8 Å². The van der Waals surface area contributed by atoms with Gasteiger partial charge in [-0.25, -0.2) is 19.9 Å². The van der Waals surface area contributed by atoms with Crippen molar-refractivity contribution in [2.75, 3.05) is 5.73 Å². The van der Waals surface area contributed by atoms with Gasteiger partial charge in [-0.05, 0) is 31.1 Å². The van der Waals surface area contributed by atoms with Gasteiger partial charge in [0.2, 0.25) is 0 Å². The zero-order valence-electron chi connectivity index (χ0n) is 17.1. The number of nitrogen functional groups attached to an aromatic ring is 1. The molecule has 7 heteroatoms. The van der Waals surface area contributed by atoms with Crippen LogP contribution in [0.25, 0.3) is 16.9 Å². The average Bonchev–Trinajstić information content (AvgIpc) is 3.13. The van der Waals surface area contributed by atoms with Gasteiger partial charge in [-0.1, -0.05) is 37.8 Å². The molecule has 3 heterocycles. The van der Waals surface area contributed by atoms with Crippen LogP contribution in [0, 0.1) is 12.8 Å². The second kappa shape index (κ2) is 6.95. The number of nitrogens with zero attached hydrogens (tertiary/aromatic N) is 6. The Morgan fingerprint density at radius 2 is 2.10 bits per heavy atom. The van der Waals surface area contributed by atoms with E-state index in [-0.39, 0.29) is 0 Å². The summed E-state index contributed by atoms with van der Waals surface area (Å²) in [6.45, 7) is 9.30. The van der Waals surface area contributed by atoms with Crippen molar-refractivity contribution in [3.05, 3.63) is 72.5 Å². The molecule has 0 bridgehead atoms. The van der Waals surface area contributed by atoms with Gasteiger partial charge in [-0.3, -0.25) is 0 Å². The molecule has 30 heavy (non-hydrogen) atoms. The first-order chi connectivity index (χ1) is 14.5. The fraction of sp³-hybridized carbons (Fsp3) is 0.217. The van der Waals surface area contributed by atoms with E-state index in [2.05, 4.69) is 64.6 Å². The van der Waals surface area contributed by atoms with E-state index in [9.17, 15) is 0 Å². The second-order valence-electron chi connectivity index (χ2n) is 7.74. The third kappa shape index (κ3) is 2.82. The van der Waals surface area contributed by atoms with E-state index in [1.54, 1.807) is 6.33 Å². The third-order valence-electron chi connectivity index (χ3n) is 5.71. The molecule has 0 radical (unpaired) electrons. The number of aryl methyl sites for hydroxylation is 1. The molecule has 0 spiro atoms. The summed E-state index contributed by atoms with van der Waals surface area (Å²) in [4.78, 5) is 20.1. The summed E-state index contributed by atoms with van der Waals surface area (Å²) in [7, 11) is 0. The molecule has 5 rings (SSSR count). The SMILES string of the molecule is C=C1c2c(C)cccc2N=C(Cn2cnc3c(N)ncnc32)N1C1=CC=CCC1C. The lowest BCUT2D eigenvalue weighted by molar-refractivity contribution is 0.531. The number of hydrogen-bond donors (Lipinski definition) is 1. The third-order valence-corrected chi connectivity index (χ3v) is 5.71. The predicted molar refractivity (Wildman–Crippen MR) is 120 cm³/mol. The van der Waals surface area contributed by atoms with E-state index in [0.29, 0.717) is 29.4 Å². The molecule has 7 nitrogen and oxygen atoms in total. The van der Waals surface area contributed by atoms with Crippen molar-refractivity contribution in [3.63, 3.8) is 0 Å². The Balaban J connectivity index is 1.66. The lowest BCUT2D eigenvalue weighted by atomic mass is 9.94. The smallest absolute Gasteiger partial charge is 0.165 e. The number of rotatable bonds is 3. The van der Waals surface area contributed by atoms with Crippen LogP contribution in [0.1, 0.15) is 24.5 Å². The van der Waals surface area contributed by atoms with Crippen LogP contribution in [-0.4, -0.2) is 30.3 Å². The molecule has 1 unspecified atom stereocenters. The Labute approximate surface area is 175 Å². The van der Waals surface area contributed by atoms with Crippen molar-refractivity contribution >= 4 is 34.2 Å². The monoisotopic (exact) mass is 397 g/mol. The van der Waals surface area contributed by atoms with Crippen LogP contribution in [0.15, 0.2) is 66.4 Å². The highest BCUT2D eigenvalue weighted by Crippen LogP contribution is 2.40. The lowest BCUT2D eigenvalue weighted by Crippen LogP contribution is -2.36. The molecule has 0 saturated carbocycles. The van der Waals surface area contributed by atoms with Gasteiger partial charge >= 0.3 is 0 Å². The second-order valence-corrected chi connectivity index (χ2v) is 7.74. The molecule has 1 aromatic carbocycles. The number of aliphatic imine (C=N–C) groups is 1. The molecule has 3 aromatic rings. The van der Waals surface area contributed by atoms with Gasteiger partial charge in [0.15, 0.2) is 11.5 Å². The molecule has 2 aliphatic rings. The van der Waals surface area contributed by atoms with Crippen molar-refractivity contribution < 1.29 is 0 Å². The van der Waals surface area contributed by atoms with Crippen LogP contribution in [0.4, 0.5) is 11.5 Å². The minimum Gasteiger partial charge on any atom is -0.382 e. The highest BCUT2D eigenvalue weighted by Gasteiger charge is 2.30. The number of aromatic nitrogens is 4. The fourth-order valence-corrected chi connectivity index (χ4v) is 4.18. The molecule has 1 aliphatic carbocycles. The Kier molecular flexibility index (Phi) is 4.24. The van der Waals surface area contributed by atoms with Crippen molar-refractivity contribution in [2.24, 2.45) is 10.9 Å². The van der Waals surface area contributed by atoms with Gasteiger partial charge in [-0.2, -0.15) is 0 Å². The summed E-state index contributed by atoms with van der Waals surface area (Å²) < 4.78 is 1.96. The number of fused-ring (bicyclic) bond motifs is 2. The standard InChI is InChI=1S/C23H23N7/c1-14-7-4-5-10-18(14)30-16(3)20-15(2)8-6-9-17(20)28-19(30)11-29-13-27-21-22(24)25-12-26-23(21)29/h4-6,8-10,12-14H,3,7,11H2,1-2H3,(H2,24,25,26). The molecule has 150 valence electrons. The van der Waals surface area contributed by atoms with E-state index in [4.69, 9.17) is 10.7 Å². The van der Waals surface area contributed by atoms with Gasteiger partial charge in [0.05, 0.1) is 18.6 Å². The largest absolute Gasteiger partial charge is 0.382 e. The van der Waals surface area contributed by atoms with Crippen LogP contribution < -0.4 is 5.73 Å². The maximum absolute atomic E-state index is 5.97. The summed E-state index contributed by atoms with van der Waals surface area (Å²) in [6.07, 6.45) is 10.6. The van der Waals surface area contributed by atoms with Crippen molar-refractivity contribution in [3.8, 4) is 0 Å². The molecule has 0 saturated heterocycles. The first kappa shape index (κ1) is 18.3. The van der Waals surface area contributed by atoms with Crippen LogP contribution >= 0.6 is 0 Å². The summed E-state index contributed by atoms with van der Waals surface area (Å²) >= 11 is 0. The molecule has 1 aliphatic heterocycles. The Morgan fingerprint density at radius 3 is 2.93 bits per heavy atom. The van der Waals surface area contributed by atoms with E-state index in [1.165, 1.54) is 17.6 Å². The molecular formula is C23H23N7. The molecular weight excluding hydrogens is 374 g/mol. The molecule has 0 amide bonds. The molecule has 2 aromatic heterocycles.